The van der Waals surface area contributed by atoms with Gasteiger partial charge in [-0.2, -0.15) is 8.42 Å². The van der Waals surface area contributed by atoms with Crippen LogP contribution in [-0.2, 0) is 14.9 Å². The lowest BCUT2D eigenvalue weighted by molar-refractivity contribution is -0.117. The van der Waals surface area contributed by atoms with Gasteiger partial charge in [0.15, 0.2) is 5.78 Å². The highest BCUT2D eigenvalue weighted by Gasteiger charge is 2.20. The first kappa shape index (κ1) is 18.8. The molecule has 132 valence electrons. The molecule has 0 aromatic heterocycles. The van der Waals surface area contributed by atoms with Crippen molar-refractivity contribution in [3.05, 3.63) is 60.2 Å². The van der Waals surface area contributed by atoms with Gasteiger partial charge in [-0.25, -0.2) is 0 Å². The molecule has 0 saturated carbocycles. The summed E-state index contributed by atoms with van der Waals surface area (Å²) in [6, 6.07) is 13.9. The monoisotopic (exact) mass is 361 g/mol. The van der Waals surface area contributed by atoms with Crippen LogP contribution in [0.2, 0.25) is 0 Å². The third-order valence-corrected chi connectivity index (χ3v) is 4.47. The van der Waals surface area contributed by atoms with E-state index in [0.29, 0.717) is 24.2 Å². The Bertz CT molecular complexity index is 845. The van der Waals surface area contributed by atoms with Crippen LogP contribution in [0.3, 0.4) is 0 Å². The Kier molecular flexibility index (Phi) is 6.06. The van der Waals surface area contributed by atoms with Gasteiger partial charge in [-0.1, -0.05) is 37.3 Å². The summed E-state index contributed by atoms with van der Waals surface area (Å²) in [6.07, 6.45) is 0.398. The molecule has 0 unspecified atom stereocenters. The van der Waals surface area contributed by atoms with Crippen molar-refractivity contribution in [2.45, 2.75) is 24.7 Å². The molecule has 0 saturated heterocycles. The molecular weight excluding hydrogens is 342 g/mol. The molecule has 25 heavy (non-hydrogen) atoms. The minimum atomic E-state index is -4.29. The standard InChI is InChI=1S/C18H19NO5S/c1-2-12-19(15-8-10-16(11-9-15)25(22,23)24)18(21)13-17(20)14-6-4-3-5-7-14/h3-11H,2,12-13H2,1H3,(H,22,23,24). The first-order valence-corrected chi connectivity index (χ1v) is 9.23. The summed E-state index contributed by atoms with van der Waals surface area (Å²) in [5, 5.41) is 0. The van der Waals surface area contributed by atoms with E-state index < -0.39 is 10.1 Å². The summed E-state index contributed by atoms with van der Waals surface area (Å²) >= 11 is 0. The number of Topliss-reactive ketones (excluding diaryl/α,β-unsaturated/α-hetero) is 1. The zero-order valence-corrected chi connectivity index (χ0v) is 14.6. The van der Waals surface area contributed by atoms with Crippen LogP contribution < -0.4 is 4.90 Å². The van der Waals surface area contributed by atoms with E-state index >= 15 is 0 Å². The van der Waals surface area contributed by atoms with Crippen LogP contribution in [-0.4, -0.2) is 31.2 Å². The Balaban J connectivity index is 2.19. The highest BCUT2D eigenvalue weighted by Crippen LogP contribution is 2.20. The smallest absolute Gasteiger partial charge is 0.294 e. The molecule has 0 radical (unpaired) electrons. The van der Waals surface area contributed by atoms with Gasteiger partial charge >= 0.3 is 0 Å². The van der Waals surface area contributed by atoms with E-state index in [1.54, 1.807) is 30.3 Å². The van der Waals surface area contributed by atoms with Crippen molar-refractivity contribution < 1.29 is 22.6 Å². The Morgan fingerprint density at radius 3 is 2.12 bits per heavy atom. The number of ketones is 1. The van der Waals surface area contributed by atoms with Crippen LogP contribution in [0.25, 0.3) is 0 Å². The van der Waals surface area contributed by atoms with Crippen molar-refractivity contribution in [1.82, 2.24) is 0 Å². The Hall–Kier alpha value is -2.51. The number of carbonyl (C=O) groups is 2. The lowest BCUT2D eigenvalue weighted by atomic mass is 10.1. The van der Waals surface area contributed by atoms with Gasteiger partial charge < -0.3 is 4.90 Å². The number of rotatable bonds is 7. The maximum Gasteiger partial charge on any atom is 0.294 e. The SMILES string of the molecule is CCCN(C(=O)CC(=O)c1ccccc1)c1ccc(S(=O)(=O)O)cc1. The highest BCUT2D eigenvalue weighted by molar-refractivity contribution is 7.85. The van der Waals surface area contributed by atoms with Crippen molar-refractivity contribution in [3.8, 4) is 0 Å². The molecule has 0 heterocycles. The molecule has 0 fully saturated rings. The second-order valence-electron chi connectivity index (χ2n) is 5.48. The summed E-state index contributed by atoms with van der Waals surface area (Å²) < 4.78 is 31.2. The summed E-state index contributed by atoms with van der Waals surface area (Å²) in [5.74, 6) is -0.642. The number of benzene rings is 2. The molecule has 0 aliphatic rings. The van der Waals surface area contributed by atoms with Gasteiger partial charge in [-0.3, -0.25) is 14.1 Å². The van der Waals surface area contributed by atoms with E-state index in [1.165, 1.54) is 29.2 Å². The summed E-state index contributed by atoms with van der Waals surface area (Å²) in [6.45, 7) is 2.29. The summed E-state index contributed by atoms with van der Waals surface area (Å²) in [7, 11) is -4.29. The van der Waals surface area contributed by atoms with Crippen LogP contribution in [0.4, 0.5) is 5.69 Å². The van der Waals surface area contributed by atoms with E-state index in [4.69, 9.17) is 4.55 Å². The normalized spacial score (nSPS) is 11.1. The van der Waals surface area contributed by atoms with Gasteiger partial charge in [-0.05, 0) is 30.7 Å². The van der Waals surface area contributed by atoms with Gasteiger partial charge in [0.05, 0.1) is 11.3 Å². The predicted octanol–water partition coefficient (Wildman–Crippen LogP) is 2.95. The molecule has 0 atom stereocenters. The zero-order valence-electron chi connectivity index (χ0n) is 13.8. The van der Waals surface area contributed by atoms with Crippen LogP contribution >= 0.6 is 0 Å². The number of hydrogen-bond acceptors (Lipinski definition) is 4. The third kappa shape index (κ3) is 4.98. The molecule has 1 N–H and O–H groups in total. The Morgan fingerprint density at radius 2 is 1.60 bits per heavy atom. The number of nitrogens with zero attached hydrogens (tertiary/aromatic N) is 1. The average molecular weight is 361 g/mol. The minimum Gasteiger partial charge on any atom is -0.312 e. The van der Waals surface area contributed by atoms with Crippen molar-refractivity contribution in [2.75, 3.05) is 11.4 Å². The van der Waals surface area contributed by atoms with E-state index in [9.17, 15) is 18.0 Å². The van der Waals surface area contributed by atoms with Crippen LogP contribution in [0.1, 0.15) is 30.1 Å². The minimum absolute atomic E-state index is 0.250. The molecular formula is C18H19NO5S. The first-order valence-electron chi connectivity index (χ1n) is 7.79. The number of carbonyl (C=O) groups excluding carboxylic acids is 2. The van der Waals surface area contributed by atoms with Gasteiger partial charge in [0.25, 0.3) is 10.1 Å². The van der Waals surface area contributed by atoms with Gasteiger partial charge in [0.2, 0.25) is 5.91 Å². The lowest BCUT2D eigenvalue weighted by Gasteiger charge is -2.22. The number of anilines is 1. The first-order chi connectivity index (χ1) is 11.8. The fourth-order valence-electron chi connectivity index (χ4n) is 2.38. The van der Waals surface area contributed by atoms with Gasteiger partial charge in [0, 0.05) is 17.8 Å². The quantitative estimate of drug-likeness (QED) is 0.465. The van der Waals surface area contributed by atoms with E-state index in [0.717, 1.165) is 0 Å². The topological polar surface area (TPSA) is 91.8 Å². The van der Waals surface area contributed by atoms with E-state index in [1.807, 2.05) is 6.92 Å². The Labute approximate surface area is 146 Å². The molecule has 7 heteroatoms. The van der Waals surface area contributed by atoms with Crippen LogP contribution in [0.15, 0.2) is 59.5 Å². The number of amides is 1. The van der Waals surface area contributed by atoms with Crippen molar-refractivity contribution >= 4 is 27.5 Å². The largest absolute Gasteiger partial charge is 0.312 e. The molecule has 2 aromatic rings. The van der Waals surface area contributed by atoms with E-state index in [-0.39, 0.29) is 23.0 Å². The Morgan fingerprint density at radius 1 is 1.00 bits per heavy atom. The molecule has 0 aliphatic heterocycles. The molecule has 0 bridgehead atoms. The highest BCUT2D eigenvalue weighted by atomic mass is 32.2. The predicted molar refractivity (Wildman–Crippen MR) is 94.3 cm³/mol. The van der Waals surface area contributed by atoms with Crippen molar-refractivity contribution in [2.24, 2.45) is 0 Å². The second-order valence-corrected chi connectivity index (χ2v) is 6.90. The fraction of sp³-hybridized carbons (Fsp3) is 0.222. The maximum absolute atomic E-state index is 12.5. The molecule has 2 rings (SSSR count). The summed E-state index contributed by atoms with van der Waals surface area (Å²) in [4.78, 5) is 25.9. The molecule has 6 nitrogen and oxygen atoms in total. The lowest BCUT2D eigenvalue weighted by Crippen LogP contribution is -2.33. The molecule has 0 spiro atoms. The van der Waals surface area contributed by atoms with Crippen LogP contribution in [0, 0.1) is 0 Å². The van der Waals surface area contributed by atoms with Crippen molar-refractivity contribution in [1.29, 1.82) is 0 Å². The number of hydrogen-bond donors (Lipinski definition) is 1. The van der Waals surface area contributed by atoms with Crippen molar-refractivity contribution in [3.63, 3.8) is 0 Å². The maximum atomic E-state index is 12.5. The molecule has 2 aromatic carbocycles. The second kappa shape index (κ2) is 8.04. The van der Waals surface area contributed by atoms with Gasteiger partial charge in [-0.15, -0.1) is 0 Å². The zero-order chi connectivity index (χ0) is 18.4. The molecule has 1 amide bonds. The van der Waals surface area contributed by atoms with Crippen LogP contribution in [0.5, 0.6) is 0 Å². The van der Waals surface area contributed by atoms with E-state index in [2.05, 4.69) is 0 Å². The summed E-state index contributed by atoms with van der Waals surface area (Å²) in [5.41, 5.74) is 0.939. The van der Waals surface area contributed by atoms with Gasteiger partial charge in [0.1, 0.15) is 0 Å². The third-order valence-electron chi connectivity index (χ3n) is 3.60. The average Bonchev–Trinajstić information content (AvgIpc) is 2.59. The molecule has 0 aliphatic carbocycles. The fourth-order valence-corrected chi connectivity index (χ4v) is 2.86.